The molecule has 3 rings (SSSR count). The number of carbonyl (C=O) groups excluding carboxylic acids is 3. The fourth-order valence-corrected chi connectivity index (χ4v) is 2.94. The van der Waals surface area contributed by atoms with E-state index in [9.17, 15) is 14.4 Å². The Morgan fingerprint density at radius 1 is 0.889 bits per heavy atom. The lowest BCUT2D eigenvalue weighted by atomic mass is 10.2. The Labute approximate surface area is 158 Å². The van der Waals surface area contributed by atoms with Crippen LogP contribution in [-0.4, -0.2) is 58.7 Å². The summed E-state index contributed by atoms with van der Waals surface area (Å²) in [6, 6.07) is 14.4. The van der Waals surface area contributed by atoms with E-state index in [1.165, 1.54) is 6.92 Å². The van der Waals surface area contributed by atoms with Gasteiger partial charge in [-0.05, 0) is 17.7 Å². The van der Waals surface area contributed by atoms with Gasteiger partial charge in [0.2, 0.25) is 5.91 Å². The molecule has 0 radical (unpaired) electrons. The highest BCUT2D eigenvalue weighted by Crippen LogP contribution is 2.09. The molecule has 2 aromatic rings. The van der Waals surface area contributed by atoms with Gasteiger partial charge in [-0.1, -0.05) is 36.4 Å². The molecule has 2 heterocycles. The Balaban J connectivity index is 1.62. The van der Waals surface area contributed by atoms with Crippen molar-refractivity contribution in [3.05, 3.63) is 65.5 Å². The number of amides is 3. The summed E-state index contributed by atoms with van der Waals surface area (Å²) in [7, 11) is 0. The van der Waals surface area contributed by atoms with Gasteiger partial charge in [0.25, 0.3) is 11.8 Å². The van der Waals surface area contributed by atoms with Crippen molar-refractivity contribution in [1.82, 2.24) is 20.1 Å². The zero-order valence-corrected chi connectivity index (χ0v) is 15.2. The lowest BCUT2D eigenvalue weighted by Crippen LogP contribution is -2.50. The second-order valence-corrected chi connectivity index (χ2v) is 6.37. The van der Waals surface area contributed by atoms with E-state index in [-0.39, 0.29) is 29.1 Å². The van der Waals surface area contributed by atoms with Crippen LogP contribution in [0, 0.1) is 0 Å². The highest BCUT2D eigenvalue weighted by molar-refractivity contribution is 5.96. The highest BCUT2D eigenvalue weighted by Gasteiger charge is 2.24. The normalized spacial score (nSPS) is 14.0. The van der Waals surface area contributed by atoms with Crippen LogP contribution < -0.4 is 5.32 Å². The van der Waals surface area contributed by atoms with E-state index in [1.54, 1.807) is 28.0 Å². The second-order valence-electron chi connectivity index (χ2n) is 6.37. The Hall–Kier alpha value is -3.22. The minimum Gasteiger partial charge on any atom is -0.347 e. The van der Waals surface area contributed by atoms with E-state index in [0.29, 0.717) is 32.7 Å². The van der Waals surface area contributed by atoms with E-state index in [0.717, 1.165) is 5.56 Å². The van der Waals surface area contributed by atoms with Crippen LogP contribution in [0.25, 0.3) is 0 Å². The lowest BCUT2D eigenvalue weighted by Gasteiger charge is -2.34. The number of rotatable bonds is 4. The van der Waals surface area contributed by atoms with Gasteiger partial charge in [-0.25, -0.2) is 4.98 Å². The molecular formula is C20H22N4O3. The number of nitrogens with zero attached hydrogens (tertiary/aromatic N) is 3. The summed E-state index contributed by atoms with van der Waals surface area (Å²) in [5.74, 6) is -0.539. The third kappa shape index (κ3) is 4.69. The number of hydrogen-bond acceptors (Lipinski definition) is 4. The Bertz CT molecular complexity index is 830. The molecular weight excluding hydrogens is 344 g/mol. The number of aromatic nitrogens is 1. The van der Waals surface area contributed by atoms with Crippen LogP contribution in [0.1, 0.15) is 33.5 Å². The molecule has 0 spiro atoms. The van der Waals surface area contributed by atoms with Crippen molar-refractivity contribution in [3.63, 3.8) is 0 Å². The molecule has 1 N–H and O–H groups in total. The molecule has 1 saturated heterocycles. The second kappa shape index (κ2) is 8.44. The molecule has 1 aromatic heterocycles. The summed E-state index contributed by atoms with van der Waals surface area (Å²) in [5, 5.41) is 2.81. The maximum Gasteiger partial charge on any atom is 0.272 e. The largest absolute Gasteiger partial charge is 0.347 e. The molecule has 27 heavy (non-hydrogen) atoms. The summed E-state index contributed by atoms with van der Waals surface area (Å²) in [6.45, 7) is 3.87. The lowest BCUT2D eigenvalue weighted by molar-refractivity contribution is -0.130. The van der Waals surface area contributed by atoms with Crippen molar-refractivity contribution in [1.29, 1.82) is 0 Å². The summed E-state index contributed by atoms with van der Waals surface area (Å²) < 4.78 is 0. The van der Waals surface area contributed by atoms with Gasteiger partial charge in [0.15, 0.2) is 0 Å². The Kier molecular flexibility index (Phi) is 5.80. The number of hydrogen-bond donors (Lipinski definition) is 1. The average Bonchev–Trinajstić information content (AvgIpc) is 2.72. The molecule has 0 bridgehead atoms. The fraction of sp³-hybridized carbons (Fsp3) is 0.300. The van der Waals surface area contributed by atoms with Gasteiger partial charge in [0.05, 0.1) is 0 Å². The average molecular weight is 366 g/mol. The van der Waals surface area contributed by atoms with Crippen molar-refractivity contribution in [2.75, 3.05) is 26.2 Å². The monoisotopic (exact) mass is 366 g/mol. The van der Waals surface area contributed by atoms with Crippen LogP contribution in [0.2, 0.25) is 0 Å². The minimum absolute atomic E-state index is 0.0114. The van der Waals surface area contributed by atoms with Crippen LogP contribution in [0.5, 0.6) is 0 Å². The number of nitrogens with one attached hydrogen (secondary N) is 1. The van der Waals surface area contributed by atoms with E-state index < -0.39 is 0 Å². The predicted octanol–water partition coefficient (Wildman–Crippen LogP) is 1.32. The maximum atomic E-state index is 12.7. The molecule has 0 atom stereocenters. The molecule has 7 nitrogen and oxygen atoms in total. The van der Waals surface area contributed by atoms with Crippen molar-refractivity contribution in [2.24, 2.45) is 0 Å². The third-order valence-corrected chi connectivity index (χ3v) is 4.51. The summed E-state index contributed by atoms with van der Waals surface area (Å²) in [4.78, 5) is 44.0. The number of pyridine rings is 1. The first-order valence-electron chi connectivity index (χ1n) is 8.88. The van der Waals surface area contributed by atoms with Gasteiger partial charge in [-0.15, -0.1) is 0 Å². The van der Waals surface area contributed by atoms with Gasteiger partial charge in [0.1, 0.15) is 11.4 Å². The maximum absolute atomic E-state index is 12.7. The van der Waals surface area contributed by atoms with Gasteiger partial charge in [0, 0.05) is 39.6 Å². The first kappa shape index (κ1) is 18.6. The van der Waals surface area contributed by atoms with Crippen LogP contribution in [-0.2, 0) is 11.3 Å². The summed E-state index contributed by atoms with van der Waals surface area (Å²) >= 11 is 0. The minimum atomic E-state index is -0.324. The molecule has 0 saturated carbocycles. The zero-order valence-electron chi connectivity index (χ0n) is 15.2. The number of benzene rings is 1. The Morgan fingerprint density at radius 3 is 2.19 bits per heavy atom. The van der Waals surface area contributed by atoms with Gasteiger partial charge in [-0.3, -0.25) is 14.4 Å². The van der Waals surface area contributed by atoms with Crippen molar-refractivity contribution >= 4 is 17.7 Å². The standard InChI is InChI=1S/C20H22N4O3/c1-15(25)23-10-12-24(13-11-23)20(27)18-9-5-8-17(22-18)19(26)21-14-16-6-3-2-4-7-16/h2-9H,10-14H2,1H3,(H,21,26). The Morgan fingerprint density at radius 2 is 1.52 bits per heavy atom. The van der Waals surface area contributed by atoms with Gasteiger partial charge < -0.3 is 15.1 Å². The highest BCUT2D eigenvalue weighted by atomic mass is 16.2. The van der Waals surface area contributed by atoms with Gasteiger partial charge in [-0.2, -0.15) is 0 Å². The fourth-order valence-electron chi connectivity index (χ4n) is 2.94. The molecule has 1 aromatic carbocycles. The van der Waals surface area contributed by atoms with Gasteiger partial charge >= 0.3 is 0 Å². The molecule has 7 heteroatoms. The number of piperazine rings is 1. The molecule has 140 valence electrons. The van der Waals surface area contributed by atoms with Crippen LogP contribution in [0.3, 0.4) is 0 Å². The first-order chi connectivity index (χ1) is 13.0. The molecule has 3 amide bonds. The number of carbonyl (C=O) groups is 3. The summed E-state index contributed by atoms with van der Waals surface area (Å²) in [6.07, 6.45) is 0. The zero-order chi connectivity index (χ0) is 19.2. The topological polar surface area (TPSA) is 82.6 Å². The molecule has 0 unspecified atom stereocenters. The van der Waals surface area contributed by atoms with Crippen molar-refractivity contribution < 1.29 is 14.4 Å². The smallest absolute Gasteiger partial charge is 0.272 e. The van der Waals surface area contributed by atoms with Crippen LogP contribution >= 0.6 is 0 Å². The van der Waals surface area contributed by atoms with Crippen molar-refractivity contribution in [3.8, 4) is 0 Å². The van der Waals surface area contributed by atoms with E-state index in [1.807, 2.05) is 30.3 Å². The molecule has 1 aliphatic heterocycles. The molecule has 0 aliphatic carbocycles. The van der Waals surface area contributed by atoms with Crippen molar-refractivity contribution in [2.45, 2.75) is 13.5 Å². The molecule has 1 aliphatic rings. The van der Waals surface area contributed by atoms with E-state index in [2.05, 4.69) is 10.3 Å². The van der Waals surface area contributed by atoms with Crippen LogP contribution in [0.15, 0.2) is 48.5 Å². The SMILES string of the molecule is CC(=O)N1CCN(C(=O)c2cccc(C(=O)NCc3ccccc3)n2)CC1. The summed E-state index contributed by atoms with van der Waals surface area (Å²) in [5.41, 5.74) is 1.43. The quantitative estimate of drug-likeness (QED) is 0.885. The first-order valence-corrected chi connectivity index (χ1v) is 8.88. The van der Waals surface area contributed by atoms with E-state index >= 15 is 0 Å². The molecule has 1 fully saturated rings. The van der Waals surface area contributed by atoms with Crippen LogP contribution in [0.4, 0.5) is 0 Å². The van der Waals surface area contributed by atoms with E-state index in [4.69, 9.17) is 0 Å². The predicted molar refractivity (Wildman–Crippen MR) is 100 cm³/mol. The third-order valence-electron chi connectivity index (χ3n) is 4.51.